The quantitative estimate of drug-likeness (QED) is 0.663. The summed E-state index contributed by atoms with van der Waals surface area (Å²) in [5, 5.41) is 2.60. The average Bonchev–Trinajstić information content (AvgIpc) is 2.78. The van der Waals surface area contributed by atoms with Gasteiger partial charge in [-0.15, -0.1) is 0 Å². The van der Waals surface area contributed by atoms with Crippen molar-refractivity contribution >= 4 is 17.5 Å². The Morgan fingerprint density at radius 1 is 1.09 bits per heavy atom. The highest BCUT2D eigenvalue weighted by molar-refractivity contribution is 6.00. The molecule has 32 heavy (non-hydrogen) atoms. The zero-order chi connectivity index (χ0) is 22.1. The van der Waals surface area contributed by atoms with Gasteiger partial charge in [0.05, 0.1) is 17.9 Å². The number of amides is 2. The molecule has 1 saturated heterocycles. The Kier molecular flexibility index (Phi) is 5.23. The number of halogens is 1. The molecule has 0 spiro atoms. The molecule has 3 aromatic carbocycles. The number of ether oxygens (including phenoxy) is 2. The van der Waals surface area contributed by atoms with E-state index in [0.29, 0.717) is 25.4 Å². The van der Waals surface area contributed by atoms with Crippen LogP contribution in [0, 0.1) is 11.7 Å². The van der Waals surface area contributed by atoms with Crippen LogP contribution in [0.3, 0.4) is 0 Å². The number of fused-ring (bicyclic) bond motifs is 1. The van der Waals surface area contributed by atoms with Gasteiger partial charge in [0.25, 0.3) is 11.8 Å². The van der Waals surface area contributed by atoms with E-state index < -0.39 is 11.7 Å². The first-order chi connectivity index (χ1) is 15.6. The summed E-state index contributed by atoms with van der Waals surface area (Å²) in [6.45, 7) is 1.25. The van der Waals surface area contributed by atoms with Crippen molar-refractivity contribution in [3.63, 3.8) is 0 Å². The van der Waals surface area contributed by atoms with E-state index >= 15 is 0 Å². The first kappa shape index (κ1) is 20.1. The van der Waals surface area contributed by atoms with Gasteiger partial charge in [-0.1, -0.05) is 48.5 Å². The lowest BCUT2D eigenvalue weighted by atomic mass is 9.99. The maximum atomic E-state index is 14.5. The van der Waals surface area contributed by atoms with Gasteiger partial charge in [-0.3, -0.25) is 9.59 Å². The maximum absolute atomic E-state index is 14.5. The lowest BCUT2D eigenvalue weighted by Crippen LogP contribution is -2.52. The minimum absolute atomic E-state index is 0.0802. The molecule has 7 heteroatoms. The highest BCUT2D eigenvalue weighted by Gasteiger charge is 2.34. The molecule has 0 bridgehead atoms. The fourth-order valence-corrected chi connectivity index (χ4v) is 3.93. The van der Waals surface area contributed by atoms with E-state index in [1.807, 2.05) is 54.6 Å². The third-order valence-corrected chi connectivity index (χ3v) is 5.62. The summed E-state index contributed by atoms with van der Waals surface area (Å²) >= 11 is 0. The molecule has 162 valence electrons. The lowest BCUT2D eigenvalue weighted by Gasteiger charge is -2.39. The molecule has 2 aliphatic rings. The van der Waals surface area contributed by atoms with Crippen LogP contribution in [0.15, 0.2) is 66.7 Å². The first-order valence-electron chi connectivity index (χ1n) is 10.4. The second kappa shape index (κ2) is 8.34. The number of carbonyl (C=O) groups excluding carboxylic acids is 2. The summed E-state index contributed by atoms with van der Waals surface area (Å²) in [7, 11) is 0. The fourth-order valence-electron chi connectivity index (χ4n) is 3.93. The minimum atomic E-state index is -0.665. The molecular formula is C25H21FN2O4. The van der Waals surface area contributed by atoms with Crippen LogP contribution >= 0.6 is 0 Å². The number of carbonyl (C=O) groups is 2. The molecule has 0 unspecified atom stereocenters. The molecule has 3 aromatic rings. The van der Waals surface area contributed by atoms with Crippen LogP contribution in [0.25, 0.3) is 11.1 Å². The zero-order valence-corrected chi connectivity index (χ0v) is 17.2. The van der Waals surface area contributed by atoms with E-state index in [1.54, 1.807) is 4.90 Å². The highest BCUT2D eigenvalue weighted by atomic mass is 19.1. The van der Waals surface area contributed by atoms with E-state index in [1.165, 1.54) is 6.07 Å². The molecule has 2 aliphatic heterocycles. The van der Waals surface area contributed by atoms with Crippen molar-refractivity contribution in [2.24, 2.45) is 5.92 Å². The SMILES string of the molecule is O=C1COc2cc(F)c(C(=O)N3CC(COc4ccccc4-c4ccccc4)C3)cc2N1. The predicted octanol–water partition coefficient (Wildman–Crippen LogP) is 3.97. The van der Waals surface area contributed by atoms with E-state index in [4.69, 9.17) is 9.47 Å². The molecule has 0 atom stereocenters. The highest BCUT2D eigenvalue weighted by Crippen LogP contribution is 2.33. The van der Waals surface area contributed by atoms with Crippen molar-refractivity contribution in [2.45, 2.75) is 0 Å². The number of likely N-dealkylation sites (tertiary alicyclic amines) is 1. The van der Waals surface area contributed by atoms with Crippen LogP contribution in [-0.2, 0) is 4.79 Å². The second-order valence-corrected chi connectivity index (χ2v) is 7.91. The monoisotopic (exact) mass is 432 g/mol. The summed E-state index contributed by atoms with van der Waals surface area (Å²) in [6, 6.07) is 20.3. The topological polar surface area (TPSA) is 67.9 Å². The summed E-state index contributed by atoms with van der Waals surface area (Å²) in [5.41, 5.74) is 2.32. The number of hydrogen-bond acceptors (Lipinski definition) is 4. The number of anilines is 1. The van der Waals surface area contributed by atoms with Gasteiger partial charge in [-0.2, -0.15) is 0 Å². The van der Waals surface area contributed by atoms with Crippen molar-refractivity contribution in [2.75, 3.05) is 31.6 Å². The Balaban J connectivity index is 1.21. The number of rotatable bonds is 5. The van der Waals surface area contributed by atoms with E-state index in [-0.39, 0.29) is 29.7 Å². The Morgan fingerprint density at radius 2 is 1.84 bits per heavy atom. The number of para-hydroxylation sites is 1. The molecule has 1 N–H and O–H groups in total. The molecule has 2 amide bonds. The largest absolute Gasteiger partial charge is 0.493 e. The summed E-state index contributed by atoms with van der Waals surface area (Å²) in [6.07, 6.45) is 0. The third kappa shape index (κ3) is 3.89. The van der Waals surface area contributed by atoms with Crippen LogP contribution in [0.2, 0.25) is 0 Å². The van der Waals surface area contributed by atoms with Gasteiger partial charge >= 0.3 is 0 Å². The van der Waals surface area contributed by atoms with Gasteiger partial charge in [-0.25, -0.2) is 4.39 Å². The van der Waals surface area contributed by atoms with Gasteiger partial charge < -0.3 is 19.7 Å². The fraction of sp³-hybridized carbons (Fsp3) is 0.200. The maximum Gasteiger partial charge on any atom is 0.262 e. The van der Waals surface area contributed by atoms with Crippen molar-refractivity contribution < 1.29 is 23.5 Å². The average molecular weight is 432 g/mol. The molecule has 6 nitrogen and oxygen atoms in total. The zero-order valence-electron chi connectivity index (χ0n) is 17.2. The molecule has 0 saturated carbocycles. The van der Waals surface area contributed by atoms with E-state index in [9.17, 15) is 14.0 Å². The molecule has 0 radical (unpaired) electrons. The number of nitrogens with one attached hydrogen (secondary N) is 1. The smallest absolute Gasteiger partial charge is 0.262 e. The van der Waals surface area contributed by atoms with Crippen LogP contribution < -0.4 is 14.8 Å². The van der Waals surface area contributed by atoms with Gasteiger partial charge in [0.2, 0.25) is 0 Å². The number of benzene rings is 3. The Morgan fingerprint density at radius 3 is 2.66 bits per heavy atom. The van der Waals surface area contributed by atoms with Gasteiger partial charge in [0.1, 0.15) is 17.3 Å². The van der Waals surface area contributed by atoms with Crippen LogP contribution in [0.4, 0.5) is 10.1 Å². The van der Waals surface area contributed by atoms with Crippen molar-refractivity contribution in [3.8, 4) is 22.6 Å². The Bertz CT molecular complexity index is 1180. The van der Waals surface area contributed by atoms with Gasteiger partial charge in [0, 0.05) is 30.6 Å². The van der Waals surface area contributed by atoms with Crippen LogP contribution in [-0.4, -0.2) is 43.0 Å². The van der Waals surface area contributed by atoms with Crippen molar-refractivity contribution in [3.05, 3.63) is 78.1 Å². The molecular weight excluding hydrogens is 411 g/mol. The van der Waals surface area contributed by atoms with Crippen molar-refractivity contribution in [1.29, 1.82) is 0 Å². The number of hydrogen-bond donors (Lipinski definition) is 1. The number of nitrogens with zero attached hydrogens (tertiary/aromatic N) is 1. The van der Waals surface area contributed by atoms with Gasteiger partial charge in [-0.05, 0) is 17.7 Å². The Hall–Kier alpha value is -3.87. The standard InChI is InChI=1S/C25H21FN2O4/c26-20-11-23-21(27-24(29)15-32-23)10-19(20)25(30)28-12-16(13-28)14-31-22-9-5-4-8-18(22)17-6-2-1-3-7-17/h1-11,16H,12-15H2,(H,27,29). The first-order valence-corrected chi connectivity index (χ1v) is 10.4. The summed E-state index contributed by atoms with van der Waals surface area (Å²) in [4.78, 5) is 25.8. The molecule has 1 fully saturated rings. The van der Waals surface area contributed by atoms with Crippen LogP contribution in [0.1, 0.15) is 10.4 Å². The van der Waals surface area contributed by atoms with Crippen molar-refractivity contribution in [1.82, 2.24) is 4.90 Å². The third-order valence-electron chi connectivity index (χ3n) is 5.62. The normalized spacial score (nSPS) is 15.3. The summed E-state index contributed by atoms with van der Waals surface area (Å²) < 4.78 is 25.7. The molecule has 0 aliphatic carbocycles. The van der Waals surface area contributed by atoms with E-state index in [2.05, 4.69) is 5.32 Å². The lowest BCUT2D eigenvalue weighted by molar-refractivity contribution is -0.118. The summed E-state index contributed by atoms with van der Waals surface area (Å²) in [5.74, 6) is -0.232. The molecule has 2 heterocycles. The van der Waals surface area contributed by atoms with Gasteiger partial charge in [0.15, 0.2) is 6.61 Å². The Labute approximate surface area is 184 Å². The van der Waals surface area contributed by atoms with E-state index in [0.717, 1.165) is 22.9 Å². The van der Waals surface area contributed by atoms with Crippen LogP contribution in [0.5, 0.6) is 11.5 Å². The predicted molar refractivity (Wildman–Crippen MR) is 117 cm³/mol. The molecule has 0 aromatic heterocycles. The second-order valence-electron chi connectivity index (χ2n) is 7.91. The minimum Gasteiger partial charge on any atom is -0.493 e. The molecule has 5 rings (SSSR count).